The Morgan fingerprint density at radius 3 is 2.71 bits per heavy atom. The predicted molar refractivity (Wildman–Crippen MR) is 97.8 cm³/mol. The molecule has 2 aromatic carbocycles. The maximum atomic E-state index is 6.42. The van der Waals surface area contributed by atoms with Gasteiger partial charge in [0.15, 0.2) is 0 Å². The lowest BCUT2D eigenvalue weighted by atomic mass is 10.0. The van der Waals surface area contributed by atoms with Crippen LogP contribution in [0.5, 0.6) is 5.75 Å². The first-order valence-electron chi connectivity index (χ1n) is 8.37. The van der Waals surface area contributed by atoms with Crippen LogP contribution in [0.15, 0.2) is 48.7 Å². The Kier molecular flexibility index (Phi) is 4.46. The van der Waals surface area contributed by atoms with Gasteiger partial charge in [-0.15, -0.1) is 0 Å². The van der Waals surface area contributed by atoms with Crippen LogP contribution in [-0.2, 0) is 4.74 Å². The second-order valence-corrected chi connectivity index (χ2v) is 6.72. The minimum Gasteiger partial charge on any atom is -0.494 e. The standard InChI is InChI=1S/C20H20ClNO2/c21-19-11-20-16(7-8-22-20)10-18(19)15-3-5-17(6-4-15)24-9-1-2-14-12-23-13-14/h3-8,10-11,14,22H,1-2,9,12-13H2. The second kappa shape index (κ2) is 6.88. The molecule has 2 heterocycles. The number of aromatic amines is 1. The van der Waals surface area contributed by atoms with Crippen molar-refractivity contribution in [2.45, 2.75) is 12.8 Å². The van der Waals surface area contributed by atoms with Crippen molar-refractivity contribution in [1.82, 2.24) is 4.98 Å². The molecular formula is C20H20ClNO2. The van der Waals surface area contributed by atoms with E-state index in [2.05, 4.69) is 29.2 Å². The molecule has 0 aliphatic carbocycles. The summed E-state index contributed by atoms with van der Waals surface area (Å²) in [5.74, 6) is 1.64. The summed E-state index contributed by atoms with van der Waals surface area (Å²) in [6.45, 7) is 2.59. The highest BCUT2D eigenvalue weighted by molar-refractivity contribution is 6.34. The van der Waals surface area contributed by atoms with E-state index in [9.17, 15) is 0 Å². The maximum Gasteiger partial charge on any atom is 0.119 e. The van der Waals surface area contributed by atoms with E-state index in [4.69, 9.17) is 21.1 Å². The molecule has 124 valence electrons. The number of hydrogen-bond donors (Lipinski definition) is 1. The Morgan fingerprint density at radius 1 is 1.12 bits per heavy atom. The summed E-state index contributed by atoms with van der Waals surface area (Å²) >= 11 is 6.42. The second-order valence-electron chi connectivity index (χ2n) is 6.32. The number of H-pyrrole nitrogens is 1. The first-order valence-corrected chi connectivity index (χ1v) is 8.75. The molecule has 1 aliphatic rings. The highest BCUT2D eigenvalue weighted by Gasteiger charge is 2.17. The molecule has 3 nitrogen and oxygen atoms in total. The Hall–Kier alpha value is -1.97. The number of aromatic nitrogens is 1. The number of fused-ring (bicyclic) bond motifs is 1. The molecule has 0 spiro atoms. The van der Waals surface area contributed by atoms with Crippen LogP contribution in [0.1, 0.15) is 12.8 Å². The summed E-state index contributed by atoms with van der Waals surface area (Å²) in [6.07, 6.45) is 4.19. The van der Waals surface area contributed by atoms with Crippen molar-refractivity contribution in [3.63, 3.8) is 0 Å². The lowest BCUT2D eigenvalue weighted by Gasteiger charge is -2.25. The number of nitrogens with one attached hydrogen (secondary N) is 1. The number of halogens is 1. The molecule has 1 aromatic heterocycles. The van der Waals surface area contributed by atoms with E-state index in [1.54, 1.807) is 0 Å². The van der Waals surface area contributed by atoms with Crippen molar-refractivity contribution < 1.29 is 9.47 Å². The molecule has 0 unspecified atom stereocenters. The van der Waals surface area contributed by atoms with Gasteiger partial charge in [-0.05, 0) is 48.7 Å². The van der Waals surface area contributed by atoms with E-state index in [1.165, 1.54) is 6.42 Å². The van der Waals surface area contributed by atoms with Crippen LogP contribution in [0.2, 0.25) is 5.02 Å². The van der Waals surface area contributed by atoms with Crippen molar-refractivity contribution in [1.29, 1.82) is 0 Å². The third kappa shape index (κ3) is 3.28. The molecule has 1 N–H and O–H groups in total. The summed E-state index contributed by atoms with van der Waals surface area (Å²) in [4.78, 5) is 3.18. The van der Waals surface area contributed by atoms with Crippen molar-refractivity contribution in [2.24, 2.45) is 5.92 Å². The molecule has 1 saturated heterocycles. The van der Waals surface area contributed by atoms with Gasteiger partial charge in [0.2, 0.25) is 0 Å². The molecule has 0 bridgehead atoms. The molecule has 4 rings (SSSR count). The minimum atomic E-state index is 0.737. The monoisotopic (exact) mass is 341 g/mol. The van der Waals surface area contributed by atoms with E-state index in [-0.39, 0.29) is 0 Å². The largest absolute Gasteiger partial charge is 0.494 e. The van der Waals surface area contributed by atoms with Crippen LogP contribution in [0.3, 0.4) is 0 Å². The van der Waals surface area contributed by atoms with E-state index in [0.29, 0.717) is 0 Å². The number of ether oxygens (including phenoxy) is 2. The van der Waals surface area contributed by atoms with Gasteiger partial charge in [0.25, 0.3) is 0 Å². The van der Waals surface area contributed by atoms with Gasteiger partial charge < -0.3 is 14.5 Å². The fraction of sp³-hybridized carbons (Fsp3) is 0.300. The van der Waals surface area contributed by atoms with Gasteiger partial charge in [0, 0.05) is 28.6 Å². The zero-order valence-electron chi connectivity index (χ0n) is 13.4. The first-order chi connectivity index (χ1) is 11.8. The third-order valence-corrected chi connectivity index (χ3v) is 4.85. The van der Waals surface area contributed by atoms with Crippen molar-refractivity contribution in [2.75, 3.05) is 19.8 Å². The fourth-order valence-electron chi connectivity index (χ4n) is 3.04. The molecule has 24 heavy (non-hydrogen) atoms. The molecule has 0 saturated carbocycles. The van der Waals surface area contributed by atoms with Crippen molar-refractivity contribution in [3.8, 4) is 16.9 Å². The van der Waals surface area contributed by atoms with Crippen LogP contribution in [0.4, 0.5) is 0 Å². The van der Waals surface area contributed by atoms with Gasteiger partial charge >= 0.3 is 0 Å². The smallest absolute Gasteiger partial charge is 0.119 e. The first kappa shape index (κ1) is 15.6. The van der Waals surface area contributed by atoms with Gasteiger partial charge in [0.1, 0.15) is 5.75 Å². The van der Waals surface area contributed by atoms with Crippen LogP contribution >= 0.6 is 11.6 Å². The average Bonchev–Trinajstić information content (AvgIpc) is 3.00. The van der Waals surface area contributed by atoms with Crippen LogP contribution < -0.4 is 4.74 Å². The van der Waals surface area contributed by atoms with Gasteiger partial charge in [-0.1, -0.05) is 23.7 Å². The Labute approximate surface area is 146 Å². The summed E-state index contributed by atoms with van der Waals surface area (Å²) in [6, 6.07) is 14.3. The summed E-state index contributed by atoms with van der Waals surface area (Å²) < 4.78 is 11.0. The van der Waals surface area contributed by atoms with E-state index >= 15 is 0 Å². The van der Waals surface area contributed by atoms with Gasteiger partial charge in [-0.2, -0.15) is 0 Å². The van der Waals surface area contributed by atoms with Crippen LogP contribution in [0.25, 0.3) is 22.0 Å². The van der Waals surface area contributed by atoms with Gasteiger partial charge in [-0.25, -0.2) is 0 Å². The van der Waals surface area contributed by atoms with E-state index in [0.717, 1.165) is 65.0 Å². The number of benzene rings is 2. The van der Waals surface area contributed by atoms with E-state index < -0.39 is 0 Å². The quantitative estimate of drug-likeness (QED) is 0.618. The maximum absolute atomic E-state index is 6.42. The molecule has 0 radical (unpaired) electrons. The highest BCUT2D eigenvalue weighted by atomic mass is 35.5. The lowest BCUT2D eigenvalue weighted by molar-refractivity contribution is -0.0373. The molecule has 1 aliphatic heterocycles. The Morgan fingerprint density at radius 2 is 1.96 bits per heavy atom. The fourth-order valence-corrected chi connectivity index (χ4v) is 3.31. The minimum absolute atomic E-state index is 0.737. The van der Waals surface area contributed by atoms with Crippen LogP contribution in [-0.4, -0.2) is 24.8 Å². The lowest BCUT2D eigenvalue weighted by Crippen LogP contribution is -2.27. The SMILES string of the molecule is Clc1cc2[nH]ccc2cc1-c1ccc(OCCCC2COC2)cc1. The van der Waals surface area contributed by atoms with Crippen molar-refractivity contribution >= 4 is 22.5 Å². The molecule has 4 heteroatoms. The average molecular weight is 342 g/mol. The predicted octanol–water partition coefficient (Wildman–Crippen LogP) is 5.29. The Balaban J connectivity index is 1.41. The van der Waals surface area contributed by atoms with E-state index in [1.807, 2.05) is 24.4 Å². The number of rotatable bonds is 6. The molecule has 3 aromatic rings. The molecule has 0 amide bonds. The third-order valence-electron chi connectivity index (χ3n) is 4.54. The highest BCUT2D eigenvalue weighted by Crippen LogP contribution is 2.32. The normalized spacial score (nSPS) is 14.7. The summed E-state index contributed by atoms with van der Waals surface area (Å²) in [7, 11) is 0. The van der Waals surface area contributed by atoms with Crippen molar-refractivity contribution in [3.05, 3.63) is 53.7 Å². The van der Waals surface area contributed by atoms with Crippen LogP contribution in [0, 0.1) is 5.92 Å². The summed E-state index contributed by atoms with van der Waals surface area (Å²) in [5.41, 5.74) is 3.20. The summed E-state index contributed by atoms with van der Waals surface area (Å²) in [5, 5.41) is 1.91. The molecule has 1 fully saturated rings. The van der Waals surface area contributed by atoms with Gasteiger partial charge in [0.05, 0.1) is 24.8 Å². The van der Waals surface area contributed by atoms with Gasteiger partial charge in [-0.3, -0.25) is 0 Å². The zero-order chi connectivity index (χ0) is 16.4. The molecule has 0 atom stereocenters. The molecular weight excluding hydrogens is 322 g/mol. The Bertz CT molecular complexity index is 821. The zero-order valence-corrected chi connectivity index (χ0v) is 14.2. The topological polar surface area (TPSA) is 34.2 Å². The number of hydrogen-bond acceptors (Lipinski definition) is 2.